The van der Waals surface area contributed by atoms with Gasteiger partial charge in [0.25, 0.3) is 11.7 Å². The van der Waals surface area contributed by atoms with Crippen LogP contribution in [0.15, 0.2) is 54.1 Å². The molecule has 3 rings (SSSR count). The number of aliphatic hydroxyl groups excluding tert-OH is 1. The SMILES string of the molecule is CCN(CC)CCN1C(=O)C(=O)/C(=C(\O)c2ccc(OCC(C)C)cc2)C1c1ccc(F)cc1. The van der Waals surface area contributed by atoms with Crippen molar-refractivity contribution in [1.82, 2.24) is 9.80 Å². The molecule has 6 nitrogen and oxygen atoms in total. The molecule has 0 saturated carbocycles. The molecule has 1 heterocycles. The predicted octanol–water partition coefficient (Wildman–Crippen LogP) is 4.62. The molecule has 0 aliphatic carbocycles. The molecule has 0 bridgehead atoms. The van der Waals surface area contributed by atoms with Crippen LogP contribution in [-0.4, -0.2) is 59.4 Å². The van der Waals surface area contributed by atoms with E-state index in [9.17, 15) is 19.1 Å². The summed E-state index contributed by atoms with van der Waals surface area (Å²) in [5, 5.41) is 11.1. The normalized spacial score (nSPS) is 17.7. The molecule has 1 unspecified atom stereocenters. The van der Waals surface area contributed by atoms with Gasteiger partial charge < -0.3 is 19.6 Å². The first kappa shape index (κ1) is 25.4. The lowest BCUT2D eigenvalue weighted by molar-refractivity contribution is -0.140. The summed E-state index contributed by atoms with van der Waals surface area (Å²) in [6, 6.07) is 11.7. The molecule has 1 aliphatic heterocycles. The van der Waals surface area contributed by atoms with Crippen LogP contribution >= 0.6 is 0 Å². The predicted molar refractivity (Wildman–Crippen MR) is 130 cm³/mol. The first-order chi connectivity index (χ1) is 16.3. The van der Waals surface area contributed by atoms with E-state index in [1.807, 2.05) is 13.8 Å². The van der Waals surface area contributed by atoms with Gasteiger partial charge in [0.2, 0.25) is 0 Å². The lowest BCUT2D eigenvalue weighted by Gasteiger charge is -2.28. The van der Waals surface area contributed by atoms with Crippen molar-refractivity contribution in [3.63, 3.8) is 0 Å². The van der Waals surface area contributed by atoms with E-state index in [0.717, 1.165) is 13.1 Å². The number of likely N-dealkylation sites (tertiary alicyclic amines) is 1. The van der Waals surface area contributed by atoms with E-state index in [2.05, 4.69) is 18.7 Å². The number of carbonyl (C=O) groups is 2. The molecule has 1 N–H and O–H groups in total. The van der Waals surface area contributed by atoms with E-state index < -0.39 is 23.5 Å². The lowest BCUT2D eigenvalue weighted by Crippen LogP contribution is -2.38. The summed E-state index contributed by atoms with van der Waals surface area (Å²) in [6.45, 7) is 11.2. The Hall–Kier alpha value is -3.19. The average Bonchev–Trinajstić information content (AvgIpc) is 3.08. The summed E-state index contributed by atoms with van der Waals surface area (Å²) in [4.78, 5) is 29.7. The van der Waals surface area contributed by atoms with E-state index in [-0.39, 0.29) is 11.3 Å². The number of ketones is 1. The molecule has 2 aromatic rings. The molecule has 34 heavy (non-hydrogen) atoms. The Morgan fingerprint density at radius 1 is 1.06 bits per heavy atom. The van der Waals surface area contributed by atoms with Crippen LogP contribution in [-0.2, 0) is 9.59 Å². The monoisotopic (exact) mass is 468 g/mol. The summed E-state index contributed by atoms with van der Waals surface area (Å²) in [6.07, 6.45) is 0. The van der Waals surface area contributed by atoms with Crippen LogP contribution in [0.3, 0.4) is 0 Å². The zero-order valence-corrected chi connectivity index (χ0v) is 20.3. The number of rotatable bonds is 10. The van der Waals surface area contributed by atoms with Crippen LogP contribution < -0.4 is 4.74 Å². The quantitative estimate of drug-likeness (QED) is 0.313. The van der Waals surface area contributed by atoms with Gasteiger partial charge in [0, 0.05) is 18.7 Å². The lowest BCUT2D eigenvalue weighted by atomic mass is 9.95. The number of hydrogen-bond acceptors (Lipinski definition) is 5. The standard InChI is InChI=1S/C27H33FN2O4/c1-5-29(6-2)15-16-30-24(19-7-11-21(28)12-8-19)23(26(32)27(30)33)25(31)20-9-13-22(14-10-20)34-17-18(3)4/h7-14,18,24,31H,5-6,15-17H2,1-4H3/b25-23-. The summed E-state index contributed by atoms with van der Waals surface area (Å²) < 4.78 is 19.3. The second-order valence-electron chi connectivity index (χ2n) is 8.80. The molecule has 1 aliphatic rings. The molecule has 7 heteroatoms. The van der Waals surface area contributed by atoms with Crippen molar-refractivity contribution >= 4 is 17.4 Å². The topological polar surface area (TPSA) is 70.1 Å². The van der Waals surface area contributed by atoms with Crippen LogP contribution in [0.5, 0.6) is 5.75 Å². The molecule has 1 atom stereocenters. The number of ether oxygens (including phenoxy) is 1. The zero-order chi connectivity index (χ0) is 24.8. The Morgan fingerprint density at radius 2 is 1.68 bits per heavy atom. The number of halogens is 1. The maximum absolute atomic E-state index is 13.6. The third kappa shape index (κ3) is 5.65. The first-order valence-electron chi connectivity index (χ1n) is 11.8. The van der Waals surface area contributed by atoms with Gasteiger partial charge in [-0.05, 0) is 61.0 Å². The van der Waals surface area contributed by atoms with Gasteiger partial charge in [-0.15, -0.1) is 0 Å². The van der Waals surface area contributed by atoms with Gasteiger partial charge in [-0.1, -0.05) is 39.8 Å². The Labute approximate surface area is 200 Å². The molecule has 1 amide bonds. The molecule has 0 aromatic heterocycles. The van der Waals surface area contributed by atoms with Gasteiger partial charge in [-0.3, -0.25) is 9.59 Å². The highest BCUT2D eigenvalue weighted by Gasteiger charge is 2.45. The third-order valence-corrected chi connectivity index (χ3v) is 5.99. The minimum absolute atomic E-state index is 0.00649. The van der Waals surface area contributed by atoms with Crippen molar-refractivity contribution in [3.05, 3.63) is 71.0 Å². The van der Waals surface area contributed by atoms with Crippen molar-refractivity contribution < 1.29 is 23.8 Å². The summed E-state index contributed by atoms with van der Waals surface area (Å²) in [5.74, 6) is -1.06. The summed E-state index contributed by atoms with van der Waals surface area (Å²) in [5.41, 5.74) is 0.983. The molecule has 1 fully saturated rings. The highest BCUT2D eigenvalue weighted by atomic mass is 19.1. The largest absolute Gasteiger partial charge is 0.507 e. The van der Waals surface area contributed by atoms with E-state index >= 15 is 0 Å². The third-order valence-electron chi connectivity index (χ3n) is 5.99. The maximum atomic E-state index is 13.6. The van der Waals surface area contributed by atoms with Gasteiger partial charge in [-0.2, -0.15) is 0 Å². The minimum Gasteiger partial charge on any atom is -0.507 e. The molecule has 0 spiro atoms. The fraction of sp³-hybridized carbons (Fsp3) is 0.407. The summed E-state index contributed by atoms with van der Waals surface area (Å²) >= 11 is 0. The first-order valence-corrected chi connectivity index (χ1v) is 11.8. The van der Waals surface area contributed by atoms with E-state index in [4.69, 9.17) is 4.74 Å². The molecule has 2 aromatic carbocycles. The number of hydrogen-bond donors (Lipinski definition) is 1. The molecular weight excluding hydrogens is 435 g/mol. The number of amides is 1. The molecule has 182 valence electrons. The van der Waals surface area contributed by atoms with Gasteiger partial charge in [0.05, 0.1) is 18.2 Å². The van der Waals surface area contributed by atoms with Gasteiger partial charge in [0.15, 0.2) is 0 Å². The van der Waals surface area contributed by atoms with Gasteiger partial charge in [0.1, 0.15) is 17.3 Å². The minimum atomic E-state index is -0.798. The van der Waals surface area contributed by atoms with E-state index in [1.165, 1.54) is 17.0 Å². The maximum Gasteiger partial charge on any atom is 0.295 e. The number of benzene rings is 2. The number of carbonyl (C=O) groups excluding carboxylic acids is 2. The van der Waals surface area contributed by atoms with Crippen LogP contribution in [0.1, 0.15) is 44.9 Å². The van der Waals surface area contributed by atoms with Crippen LogP contribution in [0.4, 0.5) is 4.39 Å². The number of Topliss-reactive ketones (excluding diaryl/α,β-unsaturated/α-hetero) is 1. The van der Waals surface area contributed by atoms with Crippen LogP contribution in [0.25, 0.3) is 5.76 Å². The Kier molecular flexibility index (Phi) is 8.45. The van der Waals surface area contributed by atoms with Crippen LogP contribution in [0, 0.1) is 11.7 Å². The smallest absolute Gasteiger partial charge is 0.295 e. The Morgan fingerprint density at radius 3 is 2.24 bits per heavy atom. The van der Waals surface area contributed by atoms with E-state index in [1.54, 1.807) is 36.4 Å². The Bertz CT molecular complexity index is 1030. The number of nitrogens with zero attached hydrogens (tertiary/aromatic N) is 2. The second-order valence-corrected chi connectivity index (χ2v) is 8.80. The van der Waals surface area contributed by atoms with Crippen molar-refractivity contribution in [3.8, 4) is 5.75 Å². The van der Waals surface area contributed by atoms with Crippen molar-refractivity contribution in [1.29, 1.82) is 0 Å². The summed E-state index contributed by atoms with van der Waals surface area (Å²) in [7, 11) is 0. The number of aliphatic hydroxyl groups is 1. The fourth-order valence-corrected chi connectivity index (χ4v) is 4.02. The van der Waals surface area contributed by atoms with Crippen molar-refractivity contribution in [2.24, 2.45) is 5.92 Å². The molecular formula is C27H33FN2O4. The van der Waals surface area contributed by atoms with Crippen molar-refractivity contribution in [2.75, 3.05) is 32.8 Å². The fourth-order valence-electron chi connectivity index (χ4n) is 4.02. The second kappa shape index (κ2) is 11.3. The van der Waals surface area contributed by atoms with Crippen molar-refractivity contribution in [2.45, 2.75) is 33.7 Å². The van der Waals surface area contributed by atoms with Crippen LogP contribution in [0.2, 0.25) is 0 Å². The molecule has 1 saturated heterocycles. The molecule has 0 radical (unpaired) electrons. The highest BCUT2D eigenvalue weighted by molar-refractivity contribution is 6.46. The van der Waals surface area contributed by atoms with E-state index in [0.29, 0.717) is 42.5 Å². The Balaban J connectivity index is 2.00. The zero-order valence-electron chi connectivity index (χ0n) is 20.3. The van der Waals surface area contributed by atoms with Gasteiger partial charge in [-0.25, -0.2) is 4.39 Å². The average molecular weight is 469 g/mol. The highest BCUT2D eigenvalue weighted by Crippen LogP contribution is 2.39. The van der Waals surface area contributed by atoms with Gasteiger partial charge >= 0.3 is 0 Å². The number of likely N-dealkylation sites (N-methyl/N-ethyl adjacent to an activating group) is 1.